The van der Waals surface area contributed by atoms with Crippen LogP contribution >= 0.6 is 0 Å². The van der Waals surface area contributed by atoms with E-state index in [1.165, 1.54) is 12.3 Å². The third-order valence-corrected chi connectivity index (χ3v) is 2.48. The summed E-state index contributed by atoms with van der Waals surface area (Å²) in [5, 5.41) is 0. The Kier molecular flexibility index (Phi) is 3.57. The Hall–Kier alpha value is -1.89. The molecular formula is C12H10F4N2O. The van der Waals surface area contributed by atoms with Gasteiger partial charge in [-0.1, -0.05) is 6.07 Å². The zero-order valence-corrected chi connectivity index (χ0v) is 9.67. The van der Waals surface area contributed by atoms with Crippen LogP contribution in [0.25, 0.3) is 11.3 Å². The highest BCUT2D eigenvalue weighted by Gasteiger charge is 2.35. The van der Waals surface area contributed by atoms with Crippen LogP contribution in [-0.4, -0.2) is 11.5 Å². The van der Waals surface area contributed by atoms with Crippen LogP contribution in [0.1, 0.15) is 11.5 Å². The first kappa shape index (κ1) is 13.5. The Labute approximate surface area is 106 Å². The second kappa shape index (κ2) is 5.00. The van der Waals surface area contributed by atoms with E-state index < -0.39 is 17.6 Å². The maximum atomic E-state index is 13.8. The Bertz CT molecular complexity index is 577. The summed E-state index contributed by atoms with van der Waals surface area (Å²) in [4.78, 5) is 3.82. The molecule has 0 atom stereocenters. The minimum absolute atomic E-state index is 0.0490. The highest BCUT2D eigenvalue weighted by Crippen LogP contribution is 2.35. The summed E-state index contributed by atoms with van der Waals surface area (Å²) in [5.74, 6) is -1.16. The second-order valence-electron chi connectivity index (χ2n) is 3.82. The maximum absolute atomic E-state index is 13.8. The molecule has 0 radical (unpaired) electrons. The van der Waals surface area contributed by atoms with Crippen LogP contribution in [-0.2, 0) is 12.6 Å². The number of hydrogen-bond acceptors (Lipinski definition) is 3. The SMILES string of the molecule is NCCc1ncc(-c2cccc(C(F)(F)F)c2F)o1. The van der Waals surface area contributed by atoms with Crippen LogP contribution in [0.3, 0.4) is 0 Å². The number of oxazole rings is 1. The highest BCUT2D eigenvalue weighted by atomic mass is 19.4. The Morgan fingerprint density at radius 1 is 1.26 bits per heavy atom. The third kappa shape index (κ3) is 2.76. The summed E-state index contributed by atoms with van der Waals surface area (Å²) in [6.45, 7) is 0.283. The fraction of sp³-hybridized carbons (Fsp3) is 0.250. The van der Waals surface area contributed by atoms with Crippen molar-refractivity contribution in [2.75, 3.05) is 6.54 Å². The molecule has 102 valence electrons. The molecule has 0 aliphatic rings. The number of rotatable bonds is 3. The molecule has 3 nitrogen and oxygen atoms in total. The molecule has 7 heteroatoms. The number of nitrogens with zero attached hydrogens (tertiary/aromatic N) is 1. The molecule has 0 bridgehead atoms. The number of halogens is 4. The molecule has 0 saturated heterocycles. The van der Waals surface area contributed by atoms with Crippen LogP contribution < -0.4 is 5.73 Å². The number of alkyl halides is 3. The van der Waals surface area contributed by atoms with E-state index in [1.807, 2.05) is 0 Å². The number of benzene rings is 1. The van der Waals surface area contributed by atoms with Gasteiger partial charge in [-0.3, -0.25) is 0 Å². The molecule has 0 amide bonds. The predicted octanol–water partition coefficient (Wildman–Crippen LogP) is 3.00. The zero-order chi connectivity index (χ0) is 14.0. The standard InChI is InChI=1S/C12H10F4N2O/c13-11-7(2-1-3-8(11)12(14,15)16)9-6-18-10(19-9)4-5-17/h1-3,6H,4-5,17H2. The largest absolute Gasteiger partial charge is 0.441 e. The Morgan fingerprint density at radius 3 is 2.63 bits per heavy atom. The van der Waals surface area contributed by atoms with Crippen LogP contribution in [0.4, 0.5) is 17.6 Å². The summed E-state index contributed by atoms with van der Waals surface area (Å²) < 4.78 is 56.7. The van der Waals surface area contributed by atoms with Gasteiger partial charge in [-0.25, -0.2) is 9.37 Å². The molecular weight excluding hydrogens is 264 g/mol. The number of nitrogens with two attached hydrogens (primary N) is 1. The lowest BCUT2D eigenvalue weighted by Gasteiger charge is -2.09. The van der Waals surface area contributed by atoms with Gasteiger partial charge in [-0.2, -0.15) is 13.2 Å². The minimum Gasteiger partial charge on any atom is -0.441 e. The van der Waals surface area contributed by atoms with Gasteiger partial charge < -0.3 is 10.2 Å². The Balaban J connectivity index is 2.45. The van der Waals surface area contributed by atoms with E-state index in [0.29, 0.717) is 12.5 Å². The van der Waals surface area contributed by atoms with Crippen molar-refractivity contribution in [1.29, 1.82) is 0 Å². The van der Waals surface area contributed by atoms with E-state index in [9.17, 15) is 17.6 Å². The molecule has 1 aromatic carbocycles. The molecule has 2 aromatic rings. The average Bonchev–Trinajstić information content (AvgIpc) is 2.76. The van der Waals surface area contributed by atoms with Crippen molar-refractivity contribution in [3.05, 3.63) is 41.7 Å². The van der Waals surface area contributed by atoms with E-state index in [0.717, 1.165) is 6.07 Å². The second-order valence-corrected chi connectivity index (χ2v) is 3.82. The van der Waals surface area contributed by atoms with Crippen LogP contribution in [0.15, 0.2) is 28.8 Å². The molecule has 0 saturated carbocycles. The molecule has 0 unspecified atom stereocenters. The molecule has 19 heavy (non-hydrogen) atoms. The molecule has 0 aliphatic heterocycles. The number of aromatic nitrogens is 1. The summed E-state index contributed by atoms with van der Waals surface area (Å²) in [5.41, 5.74) is 3.69. The van der Waals surface area contributed by atoms with Crippen LogP contribution in [0.5, 0.6) is 0 Å². The van der Waals surface area contributed by atoms with E-state index in [4.69, 9.17) is 10.2 Å². The first-order chi connectivity index (χ1) is 8.93. The van der Waals surface area contributed by atoms with Gasteiger partial charge in [0.05, 0.1) is 17.3 Å². The fourth-order valence-corrected chi connectivity index (χ4v) is 1.62. The minimum atomic E-state index is -4.75. The summed E-state index contributed by atoms with van der Waals surface area (Å²) in [7, 11) is 0. The third-order valence-electron chi connectivity index (χ3n) is 2.48. The lowest BCUT2D eigenvalue weighted by atomic mass is 10.1. The number of hydrogen-bond donors (Lipinski definition) is 1. The van der Waals surface area contributed by atoms with E-state index in [2.05, 4.69) is 4.98 Å². The summed E-state index contributed by atoms with van der Waals surface area (Å²) >= 11 is 0. The molecule has 2 N–H and O–H groups in total. The molecule has 0 fully saturated rings. The van der Waals surface area contributed by atoms with Gasteiger partial charge in [0.2, 0.25) is 0 Å². The first-order valence-corrected chi connectivity index (χ1v) is 5.44. The average molecular weight is 274 g/mol. The summed E-state index contributed by atoms with van der Waals surface area (Å²) in [6.07, 6.45) is -3.23. The van der Waals surface area contributed by atoms with Crippen molar-refractivity contribution < 1.29 is 22.0 Å². The Morgan fingerprint density at radius 2 is 2.00 bits per heavy atom. The van der Waals surface area contributed by atoms with Gasteiger partial charge in [0, 0.05) is 13.0 Å². The van der Waals surface area contributed by atoms with E-state index in [-0.39, 0.29) is 23.8 Å². The zero-order valence-electron chi connectivity index (χ0n) is 9.67. The molecule has 0 aliphatic carbocycles. The van der Waals surface area contributed by atoms with Crippen molar-refractivity contribution in [1.82, 2.24) is 4.98 Å². The summed E-state index contributed by atoms with van der Waals surface area (Å²) in [6, 6.07) is 3.00. The predicted molar refractivity (Wildman–Crippen MR) is 59.7 cm³/mol. The normalized spacial score (nSPS) is 11.8. The van der Waals surface area contributed by atoms with Crippen molar-refractivity contribution in [2.45, 2.75) is 12.6 Å². The first-order valence-electron chi connectivity index (χ1n) is 5.44. The van der Waals surface area contributed by atoms with E-state index >= 15 is 0 Å². The topological polar surface area (TPSA) is 52.0 Å². The monoisotopic (exact) mass is 274 g/mol. The van der Waals surface area contributed by atoms with Crippen LogP contribution in [0.2, 0.25) is 0 Å². The molecule has 1 aromatic heterocycles. The maximum Gasteiger partial charge on any atom is 0.419 e. The van der Waals surface area contributed by atoms with Crippen molar-refractivity contribution in [2.24, 2.45) is 5.73 Å². The van der Waals surface area contributed by atoms with Gasteiger partial charge in [-0.15, -0.1) is 0 Å². The quantitative estimate of drug-likeness (QED) is 0.875. The molecule has 1 heterocycles. The van der Waals surface area contributed by atoms with Crippen molar-refractivity contribution >= 4 is 0 Å². The van der Waals surface area contributed by atoms with Gasteiger partial charge >= 0.3 is 6.18 Å². The smallest absolute Gasteiger partial charge is 0.419 e. The van der Waals surface area contributed by atoms with Crippen LogP contribution in [0, 0.1) is 5.82 Å². The molecule has 0 spiro atoms. The van der Waals surface area contributed by atoms with Gasteiger partial charge in [0.25, 0.3) is 0 Å². The van der Waals surface area contributed by atoms with Gasteiger partial charge in [0.15, 0.2) is 11.7 Å². The van der Waals surface area contributed by atoms with E-state index in [1.54, 1.807) is 0 Å². The highest BCUT2D eigenvalue weighted by molar-refractivity contribution is 5.59. The molecule has 2 rings (SSSR count). The van der Waals surface area contributed by atoms with Gasteiger partial charge in [-0.05, 0) is 12.1 Å². The lowest BCUT2D eigenvalue weighted by Crippen LogP contribution is -2.08. The van der Waals surface area contributed by atoms with Crippen molar-refractivity contribution in [3.8, 4) is 11.3 Å². The van der Waals surface area contributed by atoms with Crippen molar-refractivity contribution in [3.63, 3.8) is 0 Å². The van der Waals surface area contributed by atoms with Gasteiger partial charge in [0.1, 0.15) is 5.82 Å². The lowest BCUT2D eigenvalue weighted by molar-refractivity contribution is -0.139. The fourth-order valence-electron chi connectivity index (χ4n) is 1.62.